The Bertz CT molecular complexity index is 412. The van der Waals surface area contributed by atoms with Crippen LogP contribution in [0.4, 0.5) is 11.9 Å². The summed E-state index contributed by atoms with van der Waals surface area (Å²) in [5, 5.41) is 1.17. The molecule has 0 bridgehead atoms. The highest BCUT2D eigenvalue weighted by Gasteiger charge is 2.17. The van der Waals surface area contributed by atoms with Crippen molar-refractivity contribution in [3.05, 3.63) is 0 Å². The van der Waals surface area contributed by atoms with Gasteiger partial charge in [0, 0.05) is 18.3 Å². The van der Waals surface area contributed by atoms with E-state index < -0.39 is 0 Å². The molecule has 1 aromatic heterocycles. The number of hydrogen-bond donors (Lipinski definition) is 2. The molecule has 106 valence electrons. The van der Waals surface area contributed by atoms with Crippen LogP contribution in [0.1, 0.15) is 20.3 Å². The fourth-order valence-corrected chi connectivity index (χ4v) is 2.43. The number of thioether (sulfide) groups is 1. The average Bonchev–Trinajstić information content (AvgIpc) is 2.47. The number of hydrazine groups is 1. The average molecular weight is 284 g/mol. The lowest BCUT2D eigenvalue weighted by Gasteiger charge is -2.27. The first kappa shape index (κ1) is 14.3. The molecule has 3 N–H and O–H groups in total. The van der Waals surface area contributed by atoms with E-state index >= 15 is 0 Å². The number of nitrogens with zero attached hydrogens (tertiary/aromatic N) is 4. The summed E-state index contributed by atoms with van der Waals surface area (Å²) in [5.41, 5.74) is 2.50. The van der Waals surface area contributed by atoms with Gasteiger partial charge in [0.25, 0.3) is 0 Å². The fourth-order valence-electron chi connectivity index (χ4n) is 1.63. The van der Waals surface area contributed by atoms with E-state index in [9.17, 15) is 0 Å². The number of nitrogens with one attached hydrogen (secondary N) is 1. The van der Waals surface area contributed by atoms with Gasteiger partial charge < -0.3 is 9.64 Å². The van der Waals surface area contributed by atoms with Crippen molar-refractivity contribution in [1.82, 2.24) is 15.0 Å². The van der Waals surface area contributed by atoms with Gasteiger partial charge in [-0.15, -0.1) is 0 Å². The lowest BCUT2D eigenvalue weighted by Crippen LogP contribution is -2.37. The molecule has 1 atom stereocenters. The van der Waals surface area contributed by atoms with Gasteiger partial charge in [-0.05, 0) is 6.42 Å². The maximum Gasteiger partial charge on any atom is 0.242 e. The normalized spacial score (nSPS) is 17.3. The Hall–Kier alpha value is -1.12. The van der Waals surface area contributed by atoms with Crippen molar-refractivity contribution < 1.29 is 4.74 Å². The molecular formula is C11H20N6OS. The Labute approximate surface area is 117 Å². The lowest BCUT2D eigenvalue weighted by molar-refractivity contribution is 0.122. The van der Waals surface area contributed by atoms with E-state index in [0.717, 1.165) is 19.5 Å². The molecule has 1 fully saturated rings. The van der Waals surface area contributed by atoms with Gasteiger partial charge in [-0.1, -0.05) is 25.6 Å². The van der Waals surface area contributed by atoms with Gasteiger partial charge in [-0.3, -0.25) is 5.43 Å². The Morgan fingerprint density at radius 1 is 1.37 bits per heavy atom. The SMILES string of the molecule is CCC(C)Sc1nc(NN)nc(N2CCOCC2)n1. The van der Waals surface area contributed by atoms with Crippen molar-refractivity contribution >= 4 is 23.7 Å². The zero-order valence-corrected chi connectivity index (χ0v) is 12.1. The number of anilines is 2. The van der Waals surface area contributed by atoms with E-state index in [2.05, 4.69) is 39.1 Å². The third kappa shape index (κ3) is 3.92. The Kier molecular flexibility index (Phi) is 5.17. The molecular weight excluding hydrogens is 264 g/mol. The number of rotatable bonds is 5. The smallest absolute Gasteiger partial charge is 0.242 e. The molecule has 1 saturated heterocycles. The molecule has 2 heterocycles. The Morgan fingerprint density at radius 2 is 2.11 bits per heavy atom. The molecule has 19 heavy (non-hydrogen) atoms. The number of hydrogen-bond acceptors (Lipinski definition) is 8. The highest BCUT2D eigenvalue weighted by Crippen LogP contribution is 2.24. The second-order valence-corrected chi connectivity index (χ2v) is 5.73. The number of nitrogen functional groups attached to an aromatic ring is 1. The minimum Gasteiger partial charge on any atom is -0.378 e. The van der Waals surface area contributed by atoms with Gasteiger partial charge in [0.05, 0.1) is 13.2 Å². The van der Waals surface area contributed by atoms with Crippen LogP contribution in [-0.4, -0.2) is 46.5 Å². The standard InChI is InChI=1S/C11H20N6OS/c1-3-8(2)19-11-14-9(16-12)13-10(15-11)17-4-6-18-7-5-17/h8H,3-7,12H2,1-2H3,(H,13,14,15,16). The van der Waals surface area contributed by atoms with Crippen molar-refractivity contribution in [3.63, 3.8) is 0 Å². The zero-order chi connectivity index (χ0) is 13.7. The third-order valence-electron chi connectivity index (χ3n) is 2.91. The van der Waals surface area contributed by atoms with Gasteiger partial charge in [0.15, 0.2) is 5.16 Å². The number of aromatic nitrogens is 3. The molecule has 0 aromatic carbocycles. The predicted molar refractivity (Wildman–Crippen MR) is 76.3 cm³/mol. The Morgan fingerprint density at radius 3 is 2.74 bits per heavy atom. The summed E-state index contributed by atoms with van der Waals surface area (Å²) in [7, 11) is 0. The van der Waals surface area contributed by atoms with Crippen LogP contribution in [0.5, 0.6) is 0 Å². The molecule has 1 aliphatic heterocycles. The van der Waals surface area contributed by atoms with Crippen molar-refractivity contribution in [2.24, 2.45) is 5.84 Å². The summed E-state index contributed by atoms with van der Waals surface area (Å²) < 4.78 is 5.33. The molecule has 0 amide bonds. The highest BCUT2D eigenvalue weighted by atomic mass is 32.2. The van der Waals surface area contributed by atoms with E-state index in [1.165, 1.54) is 0 Å². The first-order chi connectivity index (χ1) is 9.22. The molecule has 0 saturated carbocycles. The molecule has 2 rings (SSSR count). The quantitative estimate of drug-likeness (QED) is 0.468. The first-order valence-electron chi connectivity index (χ1n) is 6.45. The summed E-state index contributed by atoms with van der Waals surface area (Å²) in [6.45, 7) is 7.28. The molecule has 1 aromatic rings. The molecule has 8 heteroatoms. The minimum atomic E-state index is 0.405. The molecule has 1 aliphatic rings. The van der Waals surface area contributed by atoms with E-state index in [1.807, 2.05) is 0 Å². The summed E-state index contributed by atoms with van der Waals surface area (Å²) in [6, 6.07) is 0. The largest absolute Gasteiger partial charge is 0.378 e. The van der Waals surface area contributed by atoms with Crippen LogP contribution in [0.15, 0.2) is 5.16 Å². The van der Waals surface area contributed by atoms with E-state index in [-0.39, 0.29) is 0 Å². The van der Waals surface area contributed by atoms with Gasteiger partial charge in [-0.2, -0.15) is 15.0 Å². The van der Waals surface area contributed by atoms with E-state index in [0.29, 0.717) is 35.5 Å². The summed E-state index contributed by atoms with van der Waals surface area (Å²) in [4.78, 5) is 15.2. The summed E-state index contributed by atoms with van der Waals surface area (Å²) in [6.07, 6.45) is 1.06. The number of nitrogens with two attached hydrogens (primary N) is 1. The third-order valence-corrected chi connectivity index (χ3v) is 4.04. The Balaban J connectivity index is 2.19. The molecule has 0 aliphatic carbocycles. The molecule has 1 unspecified atom stereocenters. The van der Waals surface area contributed by atoms with Gasteiger partial charge in [0.2, 0.25) is 11.9 Å². The first-order valence-corrected chi connectivity index (χ1v) is 7.33. The topological polar surface area (TPSA) is 89.2 Å². The fraction of sp³-hybridized carbons (Fsp3) is 0.727. The van der Waals surface area contributed by atoms with Crippen LogP contribution in [0.2, 0.25) is 0 Å². The van der Waals surface area contributed by atoms with Crippen molar-refractivity contribution in [2.75, 3.05) is 36.6 Å². The second-order valence-electron chi connectivity index (χ2n) is 4.32. The predicted octanol–water partition coefficient (Wildman–Crippen LogP) is 0.884. The van der Waals surface area contributed by atoms with Crippen LogP contribution in [-0.2, 0) is 4.74 Å². The monoisotopic (exact) mass is 284 g/mol. The number of ether oxygens (including phenoxy) is 1. The van der Waals surface area contributed by atoms with Crippen molar-refractivity contribution in [2.45, 2.75) is 30.7 Å². The van der Waals surface area contributed by atoms with Gasteiger partial charge in [-0.25, -0.2) is 5.84 Å². The van der Waals surface area contributed by atoms with Crippen LogP contribution < -0.4 is 16.2 Å². The lowest BCUT2D eigenvalue weighted by atomic mass is 10.4. The van der Waals surface area contributed by atoms with Crippen LogP contribution in [0.25, 0.3) is 0 Å². The minimum absolute atomic E-state index is 0.405. The maximum atomic E-state index is 5.43. The number of morpholine rings is 1. The van der Waals surface area contributed by atoms with Gasteiger partial charge >= 0.3 is 0 Å². The molecule has 0 spiro atoms. The van der Waals surface area contributed by atoms with Crippen LogP contribution in [0, 0.1) is 0 Å². The van der Waals surface area contributed by atoms with E-state index in [1.54, 1.807) is 11.8 Å². The van der Waals surface area contributed by atoms with Crippen LogP contribution in [0.3, 0.4) is 0 Å². The maximum absolute atomic E-state index is 5.43. The summed E-state index contributed by atoms with van der Waals surface area (Å²) in [5.74, 6) is 6.49. The highest BCUT2D eigenvalue weighted by molar-refractivity contribution is 7.99. The summed E-state index contributed by atoms with van der Waals surface area (Å²) >= 11 is 1.64. The zero-order valence-electron chi connectivity index (χ0n) is 11.3. The van der Waals surface area contributed by atoms with Gasteiger partial charge in [0.1, 0.15) is 0 Å². The van der Waals surface area contributed by atoms with Crippen molar-refractivity contribution in [3.8, 4) is 0 Å². The molecule has 0 radical (unpaired) electrons. The molecule has 7 nitrogen and oxygen atoms in total. The van der Waals surface area contributed by atoms with Crippen molar-refractivity contribution in [1.29, 1.82) is 0 Å². The van der Waals surface area contributed by atoms with Crippen LogP contribution >= 0.6 is 11.8 Å². The second kappa shape index (κ2) is 6.88. The van der Waals surface area contributed by atoms with E-state index in [4.69, 9.17) is 10.6 Å².